The second kappa shape index (κ2) is 9.89. The van der Waals surface area contributed by atoms with E-state index in [1.807, 2.05) is 0 Å². The summed E-state index contributed by atoms with van der Waals surface area (Å²) in [6.45, 7) is 4.22. The number of rotatable bonds is 8. The van der Waals surface area contributed by atoms with Crippen LogP contribution in [0.15, 0.2) is 21.5 Å². The van der Waals surface area contributed by atoms with Crippen LogP contribution in [-0.4, -0.2) is 78.3 Å². The summed E-state index contributed by atoms with van der Waals surface area (Å²) in [5, 5.41) is 0. The van der Waals surface area contributed by atoms with E-state index < -0.39 is 10.0 Å². The first-order chi connectivity index (χ1) is 12.4. The minimum Gasteiger partial charge on any atom is -0.493 e. The molecule has 0 saturated carbocycles. The van der Waals surface area contributed by atoms with E-state index in [1.165, 1.54) is 20.3 Å². The molecular weight excluding hydrogens is 424 g/mol. The maximum absolute atomic E-state index is 13.2. The van der Waals surface area contributed by atoms with Gasteiger partial charge in [-0.3, -0.25) is 0 Å². The summed E-state index contributed by atoms with van der Waals surface area (Å²) in [5.74, 6) is 0.879. The third kappa shape index (κ3) is 5.10. The topological polar surface area (TPSA) is 68.3 Å². The summed E-state index contributed by atoms with van der Waals surface area (Å²) in [6, 6.07) is 3.14. The zero-order valence-electron chi connectivity index (χ0n) is 15.5. The van der Waals surface area contributed by atoms with E-state index in [2.05, 4.69) is 20.8 Å². The second-order valence-corrected chi connectivity index (χ2v) is 8.84. The fourth-order valence-electron chi connectivity index (χ4n) is 3.02. The average Bonchev–Trinajstić information content (AvgIpc) is 2.87. The monoisotopic (exact) mass is 450 g/mol. The number of sulfonamides is 1. The summed E-state index contributed by atoms with van der Waals surface area (Å²) < 4.78 is 43.9. The van der Waals surface area contributed by atoms with E-state index >= 15 is 0 Å². The predicted octanol–water partition coefficient (Wildman–Crippen LogP) is 2.20. The lowest BCUT2D eigenvalue weighted by molar-refractivity contribution is 0.173. The Morgan fingerprint density at radius 1 is 1.04 bits per heavy atom. The molecule has 1 aromatic carbocycles. The van der Waals surface area contributed by atoms with Gasteiger partial charge in [-0.05, 0) is 41.4 Å². The lowest BCUT2D eigenvalue weighted by Gasteiger charge is -2.22. The van der Waals surface area contributed by atoms with Crippen LogP contribution in [0.2, 0.25) is 0 Å². The van der Waals surface area contributed by atoms with Gasteiger partial charge in [-0.2, -0.15) is 4.31 Å². The molecule has 0 amide bonds. The highest BCUT2D eigenvalue weighted by atomic mass is 79.9. The van der Waals surface area contributed by atoms with Gasteiger partial charge in [0.2, 0.25) is 10.0 Å². The van der Waals surface area contributed by atoms with Gasteiger partial charge in [0.1, 0.15) is 4.90 Å². The van der Waals surface area contributed by atoms with Gasteiger partial charge in [-0.1, -0.05) is 0 Å². The Labute approximate surface area is 164 Å². The molecule has 9 heteroatoms. The molecule has 0 radical (unpaired) electrons. The summed E-state index contributed by atoms with van der Waals surface area (Å²) in [7, 11) is 1.08. The third-order valence-corrected chi connectivity index (χ3v) is 7.28. The van der Waals surface area contributed by atoms with E-state index in [4.69, 9.17) is 14.2 Å². The van der Waals surface area contributed by atoms with E-state index in [1.54, 1.807) is 17.5 Å². The van der Waals surface area contributed by atoms with Crippen LogP contribution in [0.1, 0.15) is 12.8 Å². The molecule has 1 heterocycles. The largest absolute Gasteiger partial charge is 0.493 e. The number of nitrogens with zero attached hydrogens (tertiary/aromatic N) is 2. The fourth-order valence-corrected chi connectivity index (χ4v) is 5.48. The van der Waals surface area contributed by atoms with Crippen molar-refractivity contribution in [2.24, 2.45) is 0 Å². The summed E-state index contributed by atoms with van der Waals surface area (Å²) in [5.41, 5.74) is 0. The number of benzene rings is 1. The maximum Gasteiger partial charge on any atom is 0.244 e. The van der Waals surface area contributed by atoms with E-state index in [9.17, 15) is 8.42 Å². The van der Waals surface area contributed by atoms with Gasteiger partial charge in [0.05, 0.1) is 14.2 Å². The maximum atomic E-state index is 13.2. The van der Waals surface area contributed by atoms with Gasteiger partial charge in [0, 0.05) is 50.4 Å². The van der Waals surface area contributed by atoms with Crippen LogP contribution >= 0.6 is 15.9 Å². The highest BCUT2D eigenvalue weighted by molar-refractivity contribution is 9.10. The van der Waals surface area contributed by atoms with Crippen LogP contribution in [0.25, 0.3) is 0 Å². The average molecular weight is 451 g/mol. The number of hydrogen-bond acceptors (Lipinski definition) is 6. The Morgan fingerprint density at radius 2 is 1.73 bits per heavy atom. The molecule has 1 aromatic rings. The van der Waals surface area contributed by atoms with Crippen molar-refractivity contribution in [3.63, 3.8) is 0 Å². The molecule has 0 bridgehead atoms. The minimum atomic E-state index is -3.62. The summed E-state index contributed by atoms with van der Waals surface area (Å²) in [4.78, 5) is 2.49. The zero-order valence-corrected chi connectivity index (χ0v) is 17.9. The molecule has 0 unspecified atom stereocenters. The molecule has 1 fully saturated rings. The first-order valence-corrected chi connectivity index (χ1v) is 10.8. The van der Waals surface area contributed by atoms with Crippen molar-refractivity contribution in [1.82, 2.24) is 9.21 Å². The van der Waals surface area contributed by atoms with Crippen LogP contribution in [-0.2, 0) is 14.8 Å². The SMILES string of the molecule is COCCCN1CCCN(S(=O)(=O)c2cc(OC)c(OC)cc2Br)CC1. The van der Waals surface area contributed by atoms with Crippen LogP contribution in [0.5, 0.6) is 11.5 Å². The lowest BCUT2D eigenvalue weighted by Crippen LogP contribution is -2.35. The molecule has 148 valence electrons. The summed E-state index contributed by atoms with van der Waals surface area (Å²) >= 11 is 3.36. The Morgan fingerprint density at radius 3 is 2.38 bits per heavy atom. The van der Waals surface area contributed by atoms with Gasteiger partial charge in [0.25, 0.3) is 0 Å². The molecule has 0 aromatic heterocycles. The Bertz CT molecular complexity index is 699. The van der Waals surface area contributed by atoms with Gasteiger partial charge >= 0.3 is 0 Å². The standard InChI is InChI=1S/C17H27BrN2O5S/c1-23-11-5-7-19-6-4-8-20(10-9-19)26(21,22)17-13-16(25-3)15(24-2)12-14(17)18/h12-13H,4-11H2,1-3H3. The van der Waals surface area contributed by atoms with Crippen LogP contribution < -0.4 is 9.47 Å². The summed E-state index contributed by atoms with van der Waals surface area (Å²) in [6.07, 6.45) is 1.75. The van der Waals surface area contributed by atoms with Crippen LogP contribution in [0.4, 0.5) is 0 Å². The van der Waals surface area contributed by atoms with E-state index in [0.717, 1.165) is 32.5 Å². The number of ether oxygens (including phenoxy) is 3. The quantitative estimate of drug-likeness (QED) is 0.565. The van der Waals surface area contributed by atoms with Crippen molar-refractivity contribution in [1.29, 1.82) is 0 Å². The molecular formula is C17H27BrN2O5S. The predicted molar refractivity (Wildman–Crippen MR) is 104 cm³/mol. The van der Waals surface area contributed by atoms with Crippen molar-refractivity contribution >= 4 is 26.0 Å². The van der Waals surface area contributed by atoms with Crippen molar-refractivity contribution in [2.75, 3.05) is 60.7 Å². The highest BCUT2D eigenvalue weighted by Crippen LogP contribution is 2.36. The van der Waals surface area contributed by atoms with Gasteiger partial charge in [-0.15, -0.1) is 0 Å². The van der Waals surface area contributed by atoms with Crippen LogP contribution in [0.3, 0.4) is 0 Å². The molecule has 0 N–H and O–H groups in total. The van der Waals surface area contributed by atoms with Crippen molar-refractivity contribution < 1.29 is 22.6 Å². The van der Waals surface area contributed by atoms with Gasteiger partial charge < -0.3 is 19.1 Å². The smallest absolute Gasteiger partial charge is 0.244 e. The first kappa shape index (κ1) is 21.4. The van der Waals surface area contributed by atoms with Gasteiger partial charge in [0.15, 0.2) is 11.5 Å². The van der Waals surface area contributed by atoms with Crippen molar-refractivity contribution in [2.45, 2.75) is 17.7 Å². The Kier molecular flexibility index (Phi) is 8.15. The minimum absolute atomic E-state index is 0.197. The van der Waals surface area contributed by atoms with Crippen molar-refractivity contribution in [3.05, 3.63) is 16.6 Å². The molecule has 7 nitrogen and oxygen atoms in total. The number of methoxy groups -OCH3 is 3. The molecule has 1 saturated heterocycles. The molecule has 0 aliphatic carbocycles. The van der Waals surface area contributed by atoms with Crippen molar-refractivity contribution in [3.8, 4) is 11.5 Å². The lowest BCUT2D eigenvalue weighted by atomic mass is 10.3. The first-order valence-electron chi connectivity index (χ1n) is 8.57. The highest BCUT2D eigenvalue weighted by Gasteiger charge is 2.29. The Balaban J connectivity index is 2.17. The fraction of sp³-hybridized carbons (Fsp3) is 0.647. The number of hydrogen-bond donors (Lipinski definition) is 0. The molecule has 26 heavy (non-hydrogen) atoms. The van der Waals surface area contributed by atoms with Gasteiger partial charge in [-0.25, -0.2) is 8.42 Å². The van der Waals surface area contributed by atoms with E-state index in [0.29, 0.717) is 35.6 Å². The molecule has 0 spiro atoms. The molecule has 1 aliphatic rings. The Hall–Kier alpha value is -0.870. The zero-order chi connectivity index (χ0) is 19.2. The number of halogens is 1. The second-order valence-electron chi connectivity index (χ2n) is 6.08. The molecule has 1 aliphatic heterocycles. The normalized spacial score (nSPS) is 17.1. The van der Waals surface area contributed by atoms with Crippen LogP contribution in [0, 0.1) is 0 Å². The third-order valence-electron chi connectivity index (χ3n) is 4.43. The molecule has 0 atom stereocenters. The molecule has 2 rings (SSSR count). The van der Waals surface area contributed by atoms with E-state index in [-0.39, 0.29) is 4.90 Å².